The maximum Gasteiger partial charge on any atom is 0.221 e. The summed E-state index contributed by atoms with van der Waals surface area (Å²) in [5.74, 6) is 0.814. The van der Waals surface area contributed by atoms with Gasteiger partial charge < -0.3 is 15.0 Å². The Morgan fingerprint density at radius 1 is 1.31 bits per heavy atom. The zero-order chi connectivity index (χ0) is 20.2. The number of rotatable bonds is 5. The van der Waals surface area contributed by atoms with E-state index in [9.17, 15) is 4.79 Å². The molecule has 2 N–H and O–H groups in total. The minimum Gasteiger partial charge on any atom is -0.378 e. The second kappa shape index (κ2) is 8.78. The van der Waals surface area contributed by atoms with Gasteiger partial charge in [0.1, 0.15) is 5.82 Å². The number of ether oxygens (including phenoxy) is 1. The Bertz CT molecular complexity index is 986. The number of benzene rings is 2. The molecule has 2 heterocycles. The van der Waals surface area contributed by atoms with E-state index in [0.29, 0.717) is 18.2 Å². The summed E-state index contributed by atoms with van der Waals surface area (Å²) in [6.07, 6.45) is 1.84. The highest BCUT2D eigenvalue weighted by Crippen LogP contribution is 2.27. The van der Waals surface area contributed by atoms with E-state index in [2.05, 4.69) is 20.2 Å². The molecule has 0 spiro atoms. The second-order valence-corrected chi connectivity index (χ2v) is 7.57. The summed E-state index contributed by atoms with van der Waals surface area (Å²) in [4.78, 5) is 21.6. The number of aromatic nitrogens is 2. The third kappa shape index (κ3) is 4.85. The van der Waals surface area contributed by atoms with Crippen molar-refractivity contribution in [2.24, 2.45) is 0 Å². The molecule has 7 heteroatoms. The van der Waals surface area contributed by atoms with E-state index in [4.69, 9.17) is 16.3 Å². The fraction of sp³-hybridized carbons (Fsp3) is 0.273. The predicted molar refractivity (Wildman–Crippen MR) is 114 cm³/mol. The van der Waals surface area contributed by atoms with E-state index in [0.717, 1.165) is 35.9 Å². The van der Waals surface area contributed by atoms with E-state index in [1.165, 1.54) is 12.5 Å². The van der Waals surface area contributed by atoms with Crippen molar-refractivity contribution in [2.45, 2.75) is 19.5 Å². The molecule has 1 aromatic heterocycles. The molecule has 2 aromatic carbocycles. The fourth-order valence-corrected chi connectivity index (χ4v) is 3.71. The SMILES string of the molecule is CC(=O)Nc1ccc(CN2CCOCC2c2ncc(-c3cccc(Cl)c3)[nH]2)cc1. The molecule has 0 radical (unpaired) electrons. The van der Waals surface area contributed by atoms with Gasteiger partial charge in [-0.1, -0.05) is 35.9 Å². The molecule has 0 aliphatic carbocycles. The summed E-state index contributed by atoms with van der Waals surface area (Å²) in [7, 11) is 0. The Kier molecular flexibility index (Phi) is 5.94. The lowest BCUT2D eigenvalue weighted by molar-refractivity contribution is -0.114. The van der Waals surface area contributed by atoms with Gasteiger partial charge in [-0.15, -0.1) is 0 Å². The number of morpholine rings is 1. The van der Waals surface area contributed by atoms with E-state index in [1.807, 2.05) is 54.7 Å². The first-order valence-electron chi connectivity index (χ1n) is 9.57. The zero-order valence-corrected chi connectivity index (χ0v) is 16.9. The van der Waals surface area contributed by atoms with Crippen LogP contribution in [0.15, 0.2) is 54.7 Å². The summed E-state index contributed by atoms with van der Waals surface area (Å²) in [6, 6.07) is 15.7. The molecule has 4 rings (SSSR count). The average molecular weight is 411 g/mol. The average Bonchev–Trinajstić information content (AvgIpc) is 3.20. The highest BCUT2D eigenvalue weighted by Gasteiger charge is 2.27. The molecule has 1 amide bonds. The number of anilines is 1. The lowest BCUT2D eigenvalue weighted by Gasteiger charge is -2.34. The van der Waals surface area contributed by atoms with Crippen molar-refractivity contribution in [2.75, 3.05) is 25.1 Å². The van der Waals surface area contributed by atoms with Crippen LogP contribution in [0.2, 0.25) is 5.02 Å². The van der Waals surface area contributed by atoms with Crippen molar-refractivity contribution < 1.29 is 9.53 Å². The minimum atomic E-state index is -0.0701. The molecular weight excluding hydrogens is 388 g/mol. The van der Waals surface area contributed by atoms with Crippen LogP contribution in [0.25, 0.3) is 11.3 Å². The Morgan fingerprint density at radius 2 is 2.14 bits per heavy atom. The van der Waals surface area contributed by atoms with Crippen LogP contribution in [0.1, 0.15) is 24.4 Å². The molecule has 1 aliphatic heterocycles. The molecule has 1 saturated heterocycles. The van der Waals surface area contributed by atoms with Gasteiger partial charge >= 0.3 is 0 Å². The van der Waals surface area contributed by atoms with Gasteiger partial charge in [0.15, 0.2) is 0 Å². The first kappa shape index (κ1) is 19.6. The number of nitrogens with one attached hydrogen (secondary N) is 2. The van der Waals surface area contributed by atoms with E-state index >= 15 is 0 Å². The van der Waals surface area contributed by atoms with Crippen LogP contribution in [0.5, 0.6) is 0 Å². The molecule has 1 unspecified atom stereocenters. The van der Waals surface area contributed by atoms with E-state index < -0.39 is 0 Å². The molecule has 6 nitrogen and oxygen atoms in total. The quantitative estimate of drug-likeness (QED) is 0.659. The molecule has 3 aromatic rings. The van der Waals surface area contributed by atoms with E-state index in [1.54, 1.807) is 0 Å². The van der Waals surface area contributed by atoms with Gasteiger partial charge in [0.2, 0.25) is 5.91 Å². The number of hydrogen-bond donors (Lipinski definition) is 2. The van der Waals surface area contributed by atoms with Gasteiger partial charge in [-0.05, 0) is 29.8 Å². The van der Waals surface area contributed by atoms with Crippen molar-refractivity contribution in [3.63, 3.8) is 0 Å². The molecule has 0 bridgehead atoms. The first-order chi connectivity index (χ1) is 14.1. The number of imidazole rings is 1. The lowest BCUT2D eigenvalue weighted by Crippen LogP contribution is -2.39. The van der Waals surface area contributed by atoms with Gasteiger partial charge in [-0.3, -0.25) is 9.69 Å². The Labute approximate surface area is 174 Å². The largest absolute Gasteiger partial charge is 0.378 e. The number of aromatic amines is 1. The van der Waals surface area contributed by atoms with Crippen LogP contribution in [0.3, 0.4) is 0 Å². The highest BCUT2D eigenvalue weighted by atomic mass is 35.5. The molecule has 150 valence electrons. The van der Waals surface area contributed by atoms with Crippen LogP contribution in [0, 0.1) is 0 Å². The van der Waals surface area contributed by atoms with Gasteiger partial charge in [-0.25, -0.2) is 4.98 Å². The number of carbonyl (C=O) groups is 1. The van der Waals surface area contributed by atoms with Crippen LogP contribution >= 0.6 is 11.6 Å². The Hall–Kier alpha value is -2.67. The minimum absolute atomic E-state index is 0.0479. The summed E-state index contributed by atoms with van der Waals surface area (Å²) in [6.45, 7) is 4.40. The van der Waals surface area contributed by atoms with Crippen molar-refractivity contribution in [3.05, 3.63) is 71.1 Å². The summed E-state index contributed by atoms with van der Waals surface area (Å²) < 4.78 is 5.73. The van der Waals surface area contributed by atoms with Gasteiger partial charge in [0.25, 0.3) is 0 Å². The molecule has 0 saturated carbocycles. The van der Waals surface area contributed by atoms with Crippen LogP contribution in [0.4, 0.5) is 5.69 Å². The van der Waals surface area contributed by atoms with Crippen LogP contribution < -0.4 is 5.32 Å². The van der Waals surface area contributed by atoms with Gasteiger partial charge in [0, 0.05) is 36.3 Å². The molecule has 29 heavy (non-hydrogen) atoms. The number of hydrogen-bond acceptors (Lipinski definition) is 4. The van der Waals surface area contributed by atoms with Crippen molar-refractivity contribution >= 4 is 23.2 Å². The Morgan fingerprint density at radius 3 is 2.90 bits per heavy atom. The number of H-pyrrole nitrogens is 1. The maximum absolute atomic E-state index is 11.2. The highest BCUT2D eigenvalue weighted by molar-refractivity contribution is 6.30. The molecule has 1 atom stereocenters. The molecular formula is C22H23ClN4O2. The van der Waals surface area contributed by atoms with Crippen molar-refractivity contribution in [1.82, 2.24) is 14.9 Å². The summed E-state index contributed by atoms with van der Waals surface area (Å²) in [5, 5.41) is 3.49. The summed E-state index contributed by atoms with van der Waals surface area (Å²) >= 11 is 6.12. The first-order valence-corrected chi connectivity index (χ1v) is 9.95. The third-order valence-corrected chi connectivity index (χ3v) is 5.18. The summed E-state index contributed by atoms with van der Waals surface area (Å²) in [5.41, 5.74) is 3.92. The number of carbonyl (C=O) groups excluding carboxylic acids is 1. The van der Waals surface area contributed by atoms with Crippen LogP contribution in [-0.2, 0) is 16.1 Å². The van der Waals surface area contributed by atoms with Gasteiger partial charge in [0.05, 0.1) is 31.1 Å². The van der Waals surface area contributed by atoms with E-state index in [-0.39, 0.29) is 11.9 Å². The monoisotopic (exact) mass is 410 g/mol. The van der Waals surface area contributed by atoms with Crippen molar-refractivity contribution in [3.8, 4) is 11.3 Å². The van der Waals surface area contributed by atoms with Crippen LogP contribution in [-0.4, -0.2) is 40.5 Å². The number of amides is 1. The zero-order valence-electron chi connectivity index (χ0n) is 16.2. The normalized spacial score (nSPS) is 17.2. The number of halogens is 1. The Balaban J connectivity index is 1.50. The second-order valence-electron chi connectivity index (χ2n) is 7.13. The predicted octanol–water partition coefficient (Wildman–Crippen LogP) is 4.26. The maximum atomic E-state index is 11.2. The standard InChI is InChI=1S/C22H23ClN4O2/c1-15(28)25-19-7-5-16(6-8-19)13-27-9-10-29-14-21(27)22-24-12-20(26-22)17-3-2-4-18(23)11-17/h2-8,11-12,21H,9-10,13-14H2,1H3,(H,24,26)(H,25,28). The van der Waals surface area contributed by atoms with Crippen molar-refractivity contribution in [1.29, 1.82) is 0 Å². The molecule has 1 aliphatic rings. The third-order valence-electron chi connectivity index (χ3n) is 4.95. The smallest absolute Gasteiger partial charge is 0.221 e. The molecule has 1 fully saturated rings. The number of nitrogens with zero attached hydrogens (tertiary/aromatic N) is 2. The topological polar surface area (TPSA) is 70.2 Å². The lowest BCUT2D eigenvalue weighted by atomic mass is 10.1. The fourth-order valence-electron chi connectivity index (χ4n) is 3.52. The van der Waals surface area contributed by atoms with Gasteiger partial charge in [-0.2, -0.15) is 0 Å².